The Labute approximate surface area is 131 Å². The van der Waals surface area contributed by atoms with Crippen molar-refractivity contribution < 1.29 is 4.74 Å². The maximum Gasteiger partial charge on any atom is 0.122 e. The van der Waals surface area contributed by atoms with Gasteiger partial charge in [-0.1, -0.05) is 29.8 Å². The highest BCUT2D eigenvalue weighted by Crippen LogP contribution is 2.31. The summed E-state index contributed by atoms with van der Waals surface area (Å²) in [4.78, 5) is 0. The van der Waals surface area contributed by atoms with Crippen LogP contribution in [0.15, 0.2) is 30.3 Å². The second-order valence-electron chi connectivity index (χ2n) is 5.29. The number of ether oxygens (including phenoxy) is 1. The van der Waals surface area contributed by atoms with Gasteiger partial charge in [0, 0.05) is 5.02 Å². The number of benzene rings is 2. The second-order valence-corrected chi connectivity index (χ2v) is 5.69. The van der Waals surface area contributed by atoms with Gasteiger partial charge in [-0.2, -0.15) is 0 Å². The van der Waals surface area contributed by atoms with Crippen molar-refractivity contribution in [1.82, 2.24) is 5.43 Å². The molecule has 2 aromatic carbocycles. The first-order chi connectivity index (χ1) is 9.97. The van der Waals surface area contributed by atoms with Crippen molar-refractivity contribution in [3.8, 4) is 5.75 Å². The first-order valence-corrected chi connectivity index (χ1v) is 7.23. The molecule has 2 aromatic rings. The van der Waals surface area contributed by atoms with Gasteiger partial charge in [0.2, 0.25) is 0 Å². The van der Waals surface area contributed by atoms with Crippen LogP contribution in [-0.4, -0.2) is 7.11 Å². The zero-order valence-electron chi connectivity index (χ0n) is 12.8. The van der Waals surface area contributed by atoms with Gasteiger partial charge in [0.05, 0.1) is 13.2 Å². The molecule has 0 aromatic heterocycles. The summed E-state index contributed by atoms with van der Waals surface area (Å²) in [5.41, 5.74) is 8.31. The van der Waals surface area contributed by atoms with E-state index in [1.807, 2.05) is 38.1 Å². The van der Waals surface area contributed by atoms with Gasteiger partial charge in [0.15, 0.2) is 0 Å². The van der Waals surface area contributed by atoms with E-state index in [1.54, 1.807) is 7.11 Å². The number of hydrazine groups is 1. The molecule has 1 unspecified atom stereocenters. The van der Waals surface area contributed by atoms with Crippen molar-refractivity contribution in [2.45, 2.75) is 26.8 Å². The number of nitrogens with two attached hydrogens (primary N) is 1. The predicted octanol–water partition coefficient (Wildman–Crippen LogP) is 3.83. The molecule has 0 aliphatic rings. The van der Waals surface area contributed by atoms with Crippen LogP contribution in [0.5, 0.6) is 5.75 Å². The Morgan fingerprint density at radius 1 is 1.05 bits per heavy atom. The van der Waals surface area contributed by atoms with Crippen LogP contribution in [0.3, 0.4) is 0 Å². The number of hydrogen-bond acceptors (Lipinski definition) is 3. The van der Waals surface area contributed by atoms with Crippen molar-refractivity contribution in [2.24, 2.45) is 5.84 Å². The van der Waals surface area contributed by atoms with E-state index in [1.165, 1.54) is 0 Å². The van der Waals surface area contributed by atoms with Crippen LogP contribution < -0.4 is 16.0 Å². The maximum absolute atomic E-state index is 6.23. The van der Waals surface area contributed by atoms with Crippen LogP contribution in [0, 0.1) is 20.8 Å². The Hall–Kier alpha value is -1.55. The van der Waals surface area contributed by atoms with Gasteiger partial charge in [-0.05, 0) is 60.7 Å². The summed E-state index contributed by atoms with van der Waals surface area (Å²) < 4.78 is 5.36. The molecule has 0 heterocycles. The van der Waals surface area contributed by atoms with Crippen molar-refractivity contribution in [3.63, 3.8) is 0 Å². The van der Waals surface area contributed by atoms with E-state index in [-0.39, 0.29) is 6.04 Å². The third-order valence-electron chi connectivity index (χ3n) is 3.79. The normalized spacial score (nSPS) is 12.3. The van der Waals surface area contributed by atoms with E-state index in [9.17, 15) is 0 Å². The molecule has 0 fully saturated rings. The summed E-state index contributed by atoms with van der Waals surface area (Å²) in [5.74, 6) is 6.67. The zero-order valence-corrected chi connectivity index (χ0v) is 13.6. The van der Waals surface area contributed by atoms with Crippen molar-refractivity contribution in [1.29, 1.82) is 0 Å². The van der Waals surface area contributed by atoms with Crippen LogP contribution in [0.2, 0.25) is 5.02 Å². The Kier molecular flexibility index (Phi) is 4.88. The summed E-state index contributed by atoms with van der Waals surface area (Å²) in [6.45, 7) is 6.06. The Morgan fingerprint density at radius 3 is 2.33 bits per heavy atom. The molecule has 0 amide bonds. The molecule has 3 N–H and O–H groups in total. The highest BCUT2D eigenvalue weighted by molar-refractivity contribution is 6.31. The van der Waals surface area contributed by atoms with E-state index in [0.717, 1.165) is 38.6 Å². The molecular formula is C17H21ClN2O. The Morgan fingerprint density at radius 2 is 1.76 bits per heavy atom. The summed E-state index contributed by atoms with van der Waals surface area (Å²) >= 11 is 6.23. The lowest BCUT2D eigenvalue weighted by Gasteiger charge is -2.21. The minimum atomic E-state index is -0.104. The van der Waals surface area contributed by atoms with Crippen molar-refractivity contribution >= 4 is 11.6 Å². The highest BCUT2D eigenvalue weighted by Gasteiger charge is 2.17. The van der Waals surface area contributed by atoms with E-state index in [2.05, 4.69) is 18.4 Å². The summed E-state index contributed by atoms with van der Waals surface area (Å²) in [6.07, 6.45) is 0. The molecule has 112 valence electrons. The molecule has 3 nitrogen and oxygen atoms in total. The highest BCUT2D eigenvalue weighted by atomic mass is 35.5. The molecule has 2 rings (SSSR count). The zero-order chi connectivity index (χ0) is 15.6. The average molecular weight is 305 g/mol. The number of halogens is 1. The molecular weight excluding hydrogens is 284 g/mol. The quantitative estimate of drug-likeness (QED) is 0.666. The second kappa shape index (κ2) is 6.48. The van der Waals surface area contributed by atoms with Crippen molar-refractivity contribution in [3.05, 3.63) is 63.2 Å². The standard InChI is InChI=1S/C17H21ClN2O/c1-10-5-6-13(9-15(10)18)17(20-19)14-7-12(3)16(21-4)8-11(14)2/h5-9,17,20H,19H2,1-4H3. The number of aryl methyl sites for hydroxylation is 3. The molecule has 0 spiro atoms. The third-order valence-corrected chi connectivity index (χ3v) is 4.20. The first kappa shape index (κ1) is 15.8. The van der Waals surface area contributed by atoms with Crippen molar-refractivity contribution in [2.75, 3.05) is 7.11 Å². The first-order valence-electron chi connectivity index (χ1n) is 6.85. The molecule has 0 saturated heterocycles. The molecule has 0 saturated carbocycles. The van der Waals surface area contributed by atoms with E-state index in [4.69, 9.17) is 22.2 Å². The van der Waals surface area contributed by atoms with Gasteiger partial charge in [-0.15, -0.1) is 0 Å². The van der Waals surface area contributed by atoms with Gasteiger partial charge in [-0.3, -0.25) is 5.84 Å². The Balaban J connectivity index is 2.50. The average Bonchev–Trinajstić information content (AvgIpc) is 2.46. The lowest BCUT2D eigenvalue weighted by atomic mass is 9.93. The smallest absolute Gasteiger partial charge is 0.122 e. The lowest BCUT2D eigenvalue weighted by Crippen LogP contribution is -2.29. The van der Waals surface area contributed by atoms with Crippen LogP contribution >= 0.6 is 11.6 Å². The van der Waals surface area contributed by atoms with E-state index in [0.29, 0.717) is 0 Å². The minimum Gasteiger partial charge on any atom is -0.496 e. The van der Waals surface area contributed by atoms with Gasteiger partial charge in [0.25, 0.3) is 0 Å². The summed E-state index contributed by atoms with van der Waals surface area (Å²) in [6, 6.07) is 10.0. The molecule has 21 heavy (non-hydrogen) atoms. The number of methoxy groups -OCH3 is 1. The largest absolute Gasteiger partial charge is 0.496 e. The molecule has 4 heteroatoms. The predicted molar refractivity (Wildman–Crippen MR) is 87.8 cm³/mol. The van der Waals surface area contributed by atoms with E-state index < -0.39 is 0 Å². The fourth-order valence-corrected chi connectivity index (χ4v) is 2.69. The molecule has 0 bridgehead atoms. The van der Waals surface area contributed by atoms with Crippen LogP contribution in [0.25, 0.3) is 0 Å². The molecule has 0 aliphatic carbocycles. The summed E-state index contributed by atoms with van der Waals surface area (Å²) in [7, 11) is 1.68. The molecule has 0 aliphatic heterocycles. The molecule has 1 atom stereocenters. The SMILES string of the molecule is COc1cc(C)c(C(NN)c2ccc(C)c(Cl)c2)cc1C. The fourth-order valence-electron chi connectivity index (χ4n) is 2.50. The topological polar surface area (TPSA) is 47.3 Å². The number of rotatable bonds is 4. The van der Waals surface area contributed by atoms with Crippen LogP contribution in [-0.2, 0) is 0 Å². The monoisotopic (exact) mass is 304 g/mol. The number of hydrogen-bond donors (Lipinski definition) is 2. The number of nitrogens with one attached hydrogen (secondary N) is 1. The third kappa shape index (κ3) is 3.21. The fraction of sp³-hybridized carbons (Fsp3) is 0.294. The van der Waals surface area contributed by atoms with E-state index >= 15 is 0 Å². The lowest BCUT2D eigenvalue weighted by molar-refractivity contribution is 0.411. The minimum absolute atomic E-state index is 0.104. The van der Waals surface area contributed by atoms with Gasteiger partial charge < -0.3 is 4.74 Å². The van der Waals surface area contributed by atoms with Crippen LogP contribution in [0.1, 0.15) is 33.9 Å². The summed E-state index contributed by atoms with van der Waals surface area (Å²) in [5, 5.41) is 0.746. The van der Waals surface area contributed by atoms with Gasteiger partial charge in [0.1, 0.15) is 5.75 Å². The van der Waals surface area contributed by atoms with Crippen LogP contribution in [0.4, 0.5) is 0 Å². The molecule has 0 radical (unpaired) electrons. The van der Waals surface area contributed by atoms with Gasteiger partial charge >= 0.3 is 0 Å². The van der Waals surface area contributed by atoms with Gasteiger partial charge in [-0.25, -0.2) is 5.43 Å². The Bertz CT molecular complexity index is 655. The maximum atomic E-state index is 6.23.